The molecule has 0 radical (unpaired) electrons. The first-order valence-electron chi connectivity index (χ1n) is 5.95. The van der Waals surface area contributed by atoms with Gasteiger partial charge in [-0.25, -0.2) is 0 Å². The fourth-order valence-electron chi connectivity index (χ4n) is 1.97. The van der Waals surface area contributed by atoms with Gasteiger partial charge in [0.15, 0.2) is 0 Å². The second-order valence-corrected chi connectivity index (χ2v) is 4.61. The first-order chi connectivity index (χ1) is 8.49. The second-order valence-electron chi connectivity index (χ2n) is 4.61. The number of benzene rings is 2. The van der Waals surface area contributed by atoms with Gasteiger partial charge in [0.2, 0.25) is 0 Å². The average Bonchev–Trinajstić information content (AvgIpc) is 2.36. The van der Waals surface area contributed by atoms with Crippen molar-refractivity contribution in [1.29, 1.82) is 0 Å². The molecule has 1 N–H and O–H groups in total. The van der Waals surface area contributed by atoms with Gasteiger partial charge in [-0.05, 0) is 36.8 Å². The largest absolute Gasteiger partial charge is 0.384 e. The average molecular weight is 243 g/mol. The van der Waals surface area contributed by atoms with Crippen LogP contribution in [0, 0.1) is 6.92 Å². The molecule has 0 spiro atoms. The maximum absolute atomic E-state index is 11.7. The van der Waals surface area contributed by atoms with Crippen molar-refractivity contribution in [2.24, 2.45) is 0 Å². The third-order valence-electron chi connectivity index (χ3n) is 3.05. The SMILES string of the molecule is Cc1ccc2cc(N(C)C(=O)C(C)O)ccc2c1. The van der Waals surface area contributed by atoms with E-state index in [2.05, 4.69) is 13.0 Å². The van der Waals surface area contributed by atoms with Crippen LogP contribution in [0.1, 0.15) is 12.5 Å². The standard InChI is InChI=1S/C15H17NO2/c1-10-4-5-13-9-14(7-6-12(13)8-10)16(3)15(18)11(2)17/h4-9,11,17H,1-3H3. The lowest BCUT2D eigenvalue weighted by molar-refractivity contribution is -0.125. The number of aliphatic hydroxyl groups is 1. The first-order valence-corrected chi connectivity index (χ1v) is 5.95. The molecule has 0 aromatic heterocycles. The Hall–Kier alpha value is -1.87. The minimum Gasteiger partial charge on any atom is -0.384 e. The van der Waals surface area contributed by atoms with Crippen LogP contribution >= 0.6 is 0 Å². The quantitative estimate of drug-likeness (QED) is 0.880. The summed E-state index contributed by atoms with van der Waals surface area (Å²) in [5, 5.41) is 11.5. The lowest BCUT2D eigenvalue weighted by Crippen LogP contribution is -2.34. The molecule has 0 aliphatic carbocycles. The predicted octanol–water partition coefficient (Wildman–Crippen LogP) is 2.49. The van der Waals surface area contributed by atoms with Gasteiger partial charge in [-0.3, -0.25) is 4.79 Å². The summed E-state index contributed by atoms with van der Waals surface area (Å²) in [5.74, 6) is -0.304. The molecule has 0 fully saturated rings. The fourth-order valence-corrected chi connectivity index (χ4v) is 1.97. The van der Waals surface area contributed by atoms with E-state index in [0.29, 0.717) is 0 Å². The summed E-state index contributed by atoms with van der Waals surface area (Å²) in [6.45, 7) is 3.53. The maximum Gasteiger partial charge on any atom is 0.255 e. The number of rotatable bonds is 2. The molecule has 0 aliphatic rings. The van der Waals surface area contributed by atoms with E-state index in [-0.39, 0.29) is 5.91 Å². The van der Waals surface area contributed by atoms with E-state index < -0.39 is 6.10 Å². The fraction of sp³-hybridized carbons (Fsp3) is 0.267. The Morgan fingerprint density at radius 3 is 2.44 bits per heavy atom. The van der Waals surface area contributed by atoms with Crippen LogP contribution in [0.5, 0.6) is 0 Å². The molecule has 94 valence electrons. The zero-order valence-electron chi connectivity index (χ0n) is 10.8. The van der Waals surface area contributed by atoms with Crippen LogP contribution in [0.4, 0.5) is 5.69 Å². The van der Waals surface area contributed by atoms with E-state index in [1.807, 2.05) is 30.3 Å². The van der Waals surface area contributed by atoms with Crippen molar-refractivity contribution in [2.45, 2.75) is 20.0 Å². The highest BCUT2D eigenvalue weighted by molar-refractivity contribution is 5.98. The minimum atomic E-state index is -0.983. The van der Waals surface area contributed by atoms with Gasteiger partial charge in [-0.15, -0.1) is 0 Å². The normalized spacial score (nSPS) is 12.4. The van der Waals surface area contributed by atoms with Crippen LogP contribution in [0.15, 0.2) is 36.4 Å². The summed E-state index contributed by atoms with van der Waals surface area (Å²) < 4.78 is 0. The molecule has 0 aliphatic heterocycles. The van der Waals surface area contributed by atoms with E-state index in [9.17, 15) is 9.90 Å². The lowest BCUT2D eigenvalue weighted by Gasteiger charge is -2.19. The third-order valence-corrected chi connectivity index (χ3v) is 3.05. The van der Waals surface area contributed by atoms with Crippen LogP contribution in [-0.4, -0.2) is 24.2 Å². The molecule has 2 rings (SSSR count). The van der Waals surface area contributed by atoms with Crippen molar-refractivity contribution in [3.05, 3.63) is 42.0 Å². The molecule has 0 saturated carbocycles. The molecule has 0 saturated heterocycles. The van der Waals surface area contributed by atoms with E-state index in [1.165, 1.54) is 17.4 Å². The van der Waals surface area contributed by atoms with Crippen molar-refractivity contribution in [3.8, 4) is 0 Å². The number of amides is 1. The molecule has 2 aromatic carbocycles. The topological polar surface area (TPSA) is 40.5 Å². The summed E-state index contributed by atoms with van der Waals surface area (Å²) in [5.41, 5.74) is 2.00. The van der Waals surface area contributed by atoms with Crippen molar-refractivity contribution in [1.82, 2.24) is 0 Å². The Labute approximate surface area is 107 Å². The Morgan fingerprint density at radius 2 is 1.78 bits per heavy atom. The Morgan fingerprint density at radius 1 is 1.17 bits per heavy atom. The van der Waals surface area contributed by atoms with Gasteiger partial charge in [0.25, 0.3) is 5.91 Å². The number of likely N-dealkylation sites (N-methyl/N-ethyl adjacent to an activating group) is 1. The van der Waals surface area contributed by atoms with Crippen LogP contribution in [0.2, 0.25) is 0 Å². The molecule has 1 unspecified atom stereocenters. The van der Waals surface area contributed by atoms with E-state index >= 15 is 0 Å². The summed E-state index contributed by atoms with van der Waals surface area (Å²) in [4.78, 5) is 13.2. The van der Waals surface area contributed by atoms with Crippen molar-refractivity contribution < 1.29 is 9.90 Å². The van der Waals surface area contributed by atoms with E-state index in [4.69, 9.17) is 0 Å². The number of hydrogen-bond donors (Lipinski definition) is 1. The predicted molar refractivity (Wildman–Crippen MR) is 73.8 cm³/mol. The summed E-state index contributed by atoms with van der Waals surface area (Å²) >= 11 is 0. The number of carbonyl (C=O) groups is 1. The monoisotopic (exact) mass is 243 g/mol. The van der Waals surface area contributed by atoms with Gasteiger partial charge in [-0.2, -0.15) is 0 Å². The number of hydrogen-bond acceptors (Lipinski definition) is 2. The molecular formula is C15H17NO2. The van der Waals surface area contributed by atoms with E-state index in [0.717, 1.165) is 16.5 Å². The number of anilines is 1. The second kappa shape index (κ2) is 4.78. The van der Waals surface area contributed by atoms with Crippen molar-refractivity contribution in [2.75, 3.05) is 11.9 Å². The Balaban J connectivity index is 2.41. The third kappa shape index (κ3) is 2.36. The van der Waals surface area contributed by atoms with Crippen LogP contribution < -0.4 is 4.90 Å². The summed E-state index contributed by atoms with van der Waals surface area (Å²) in [6.07, 6.45) is -0.983. The molecule has 0 heterocycles. The molecule has 18 heavy (non-hydrogen) atoms. The zero-order valence-corrected chi connectivity index (χ0v) is 10.8. The van der Waals surface area contributed by atoms with Crippen LogP contribution in [0.3, 0.4) is 0 Å². The number of aryl methyl sites for hydroxylation is 1. The van der Waals surface area contributed by atoms with Gasteiger partial charge < -0.3 is 10.0 Å². The molecule has 1 atom stereocenters. The number of fused-ring (bicyclic) bond motifs is 1. The van der Waals surface area contributed by atoms with Crippen molar-refractivity contribution in [3.63, 3.8) is 0 Å². The van der Waals surface area contributed by atoms with Gasteiger partial charge >= 0.3 is 0 Å². The molecule has 1 amide bonds. The highest BCUT2D eigenvalue weighted by Gasteiger charge is 2.16. The minimum absolute atomic E-state index is 0.304. The molecule has 0 bridgehead atoms. The smallest absolute Gasteiger partial charge is 0.255 e. The Kier molecular flexibility index (Phi) is 3.34. The van der Waals surface area contributed by atoms with Crippen molar-refractivity contribution >= 4 is 22.4 Å². The summed E-state index contributed by atoms with van der Waals surface area (Å²) in [6, 6.07) is 12.0. The zero-order chi connectivity index (χ0) is 13.3. The van der Waals surface area contributed by atoms with Gasteiger partial charge in [-0.1, -0.05) is 29.8 Å². The number of nitrogens with zero attached hydrogens (tertiary/aromatic N) is 1. The molecule has 3 heteroatoms. The molecular weight excluding hydrogens is 226 g/mol. The Bertz CT molecular complexity index is 590. The highest BCUT2D eigenvalue weighted by atomic mass is 16.3. The summed E-state index contributed by atoms with van der Waals surface area (Å²) in [7, 11) is 1.67. The molecule has 2 aromatic rings. The number of carbonyl (C=O) groups excluding carboxylic acids is 1. The first kappa shape index (κ1) is 12.6. The highest BCUT2D eigenvalue weighted by Crippen LogP contribution is 2.22. The lowest BCUT2D eigenvalue weighted by atomic mass is 10.1. The van der Waals surface area contributed by atoms with Gasteiger partial charge in [0.05, 0.1) is 0 Å². The molecule has 3 nitrogen and oxygen atoms in total. The van der Waals surface area contributed by atoms with Gasteiger partial charge in [0, 0.05) is 12.7 Å². The van der Waals surface area contributed by atoms with Gasteiger partial charge in [0.1, 0.15) is 6.10 Å². The van der Waals surface area contributed by atoms with Crippen LogP contribution in [-0.2, 0) is 4.79 Å². The van der Waals surface area contributed by atoms with E-state index in [1.54, 1.807) is 7.05 Å². The number of aliphatic hydroxyl groups excluding tert-OH is 1. The van der Waals surface area contributed by atoms with Crippen LogP contribution in [0.25, 0.3) is 10.8 Å². The maximum atomic E-state index is 11.7.